The van der Waals surface area contributed by atoms with E-state index in [9.17, 15) is 9.59 Å². The lowest BCUT2D eigenvalue weighted by Gasteiger charge is -2.26. The van der Waals surface area contributed by atoms with Crippen molar-refractivity contribution >= 4 is 28.2 Å². The quantitative estimate of drug-likeness (QED) is 0.429. The van der Waals surface area contributed by atoms with Crippen LogP contribution in [0, 0.1) is 12.8 Å². The first-order chi connectivity index (χ1) is 15.9. The van der Waals surface area contributed by atoms with Crippen LogP contribution in [0.3, 0.4) is 0 Å². The Hall–Kier alpha value is -3.93. The summed E-state index contributed by atoms with van der Waals surface area (Å²) < 4.78 is 5.57. The molecule has 0 radical (unpaired) electrons. The van der Waals surface area contributed by atoms with Crippen molar-refractivity contribution in [3.05, 3.63) is 101 Å². The number of hydrogen-bond donors (Lipinski definition) is 1. The second-order valence-electron chi connectivity index (χ2n) is 8.36. The van der Waals surface area contributed by atoms with Gasteiger partial charge < -0.3 is 14.6 Å². The first kappa shape index (κ1) is 22.3. The van der Waals surface area contributed by atoms with Gasteiger partial charge in [-0.2, -0.15) is 0 Å². The largest absolute Gasteiger partial charge is 0.406 e. The average Bonchev–Trinajstić information content (AvgIpc) is 2.81. The number of rotatable bonds is 7. The maximum atomic E-state index is 13.2. The number of nitrogens with zero attached hydrogens (tertiary/aromatic N) is 2. The van der Waals surface area contributed by atoms with E-state index in [4.69, 9.17) is 4.42 Å². The topological polar surface area (TPSA) is 75.4 Å². The van der Waals surface area contributed by atoms with Gasteiger partial charge in [-0.25, -0.2) is 9.78 Å². The monoisotopic (exact) mass is 441 g/mol. The zero-order valence-electron chi connectivity index (χ0n) is 19.0. The highest BCUT2D eigenvalue weighted by molar-refractivity contribution is 5.85. The number of fused-ring (bicyclic) bond motifs is 1. The van der Waals surface area contributed by atoms with Gasteiger partial charge in [-0.05, 0) is 48.7 Å². The van der Waals surface area contributed by atoms with Crippen LogP contribution in [-0.4, -0.2) is 17.4 Å². The molecule has 4 rings (SSSR count). The van der Waals surface area contributed by atoms with Crippen molar-refractivity contribution in [3.63, 3.8) is 0 Å². The van der Waals surface area contributed by atoms with Gasteiger partial charge in [0.1, 0.15) is 12.6 Å². The third-order valence-corrected chi connectivity index (χ3v) is 5.57. The van der Waals surface area contributed by atoms with Gasteiger partial charge in [0.05, 0.1) is 10.9 Å². The lowest BCUT2D eigenvalue weighted by molar-refractivity contribution is -0.120. The summed E-state index contributed by atoms with van der Waals surface area (Å²) in [5.41, 5.74) is 2.75. The van der Waals surface area contributed by atoms with Gasteiger partial charge >= 0.3 is 5.63 Å². The summed E-state index contributed by atoms with van der Waals surface area (Å²) in [6.45, 7) is 5.87. The molecule has 6 heteroatoms. The van der Waals surface area contributed by atoms with Gasteiger partial charge in [-0.15, -0.1) is 0 Å². The van der Waals surface area contributed by atoms with E-state index in [1.165, 1.54) is 0 Å². The van der Waals surface area contributed by atoms with Crippen LogP contribution in [0.25, 0.3) is 10.9 Å². The molecule has 6 nitrogen and oxygen atoms in total. The Balaban J connectivity index is 1.62. The molecular weight excluding hydrogens is 414 g/mol. The molecule has 0 bridgehead atoms. The Morgan fingerprint density at radius 1 is 0.939 bits per heavy atom. The van der Waals surface area contributed by atoms with E-state index in [1.807, 2.05) is 98.5 Å². The number of carbonyl (C=O) groups is 1. The number of para-hydroxylation sites is 2. The molecule has 3 aromatic carbocycles. The second kappa shape index (κ2) is 9.69. The van der Waals surface area contributed by atoms with E-state index >= 15 is 0 Å². The summed E-state index contributed by atoms with van der Waals surface area (Å²) in [4.78, 5) is 32.4. The van der Waals surface area contributed by atoms with Gasteiger partial charge in [-0.3, -0.25) is 4.79 Å². The van der Waals surface area contributed by atoms with Gasteiger partial charge in [0.25, 0.3) is 0 Å². The maximum absolute atomic E-state index is 13.2. The van der Waals surface area contributed by atoms with Crippen molar-refractivity contribution in [3.8, 4) is 0 Å². The van der Waals surface area contributed by atoms with Crippen LogP contribution in [0.1, 0.15) is 31.3 Å². The molecule has 0 aliphatic rings. The van der Waals surface area contributed by atoms with E-state index in [2.05, 4.69) is 10.3 Å². The van der Waals surface area contributed by atoms with Crippen LogP contribution in [0.4, 0.5) is 11.4 Å². The molecule has 0 aliphatic heterocycles. The SMILES string of the molecule is Cc1cccc2nc([C@@H](NC(=O)CN(c3ccccc3)c3ccccc3)C(C)C)oc(=O)c12. The zero-order chi connectivity index (χ0) is 23.4. The van der Waals surface area contributed by atoms with E-state index in [0.717, 1.165) is 16.9 Å². The minimum atomic E-state index is -0.538. The Morgan fingerprint density at radius 2 is 1.55 bits per heavy atom. The van der Waals surface area contributed by atoms with Crippen molar-refractivity contribution < 1.29 is 9.21 Å². The highest BCUT2D eigenvalue weighted by Gasteiger charge is 2.25. The van der Waals surface area contributed by atoms with Gasteiger partial charge in [-0.1, -0.05) is 62.4 Å². The molecule has 0 unspecified atom stereocenters. The molecule has 1 atom stereocenters. The second-order valence-corrected chi connectivity index (χ2v) is 8.36. The van der Waals surface area contributed by atoms with Crippen LogP contribution in [0.2, 0.25) is 0 Å². The summed E-state index contributed by atoms with van der Waals surface area (Å²) >= 11 is 0. The smallest absolute Gasteiger partial charge is 0.347 e. The van der Waals surface area contributed by atoms with Crippen molar-refractivity contribution in [1.82, 2.24) is 10.3 Å². The molecule has 1 N–H and O–H groups in total. The first-order valence-corrected chi connectivity index (χ1v) is 11.0. The van der Waals surface area contributed by atoms with Crippen molar-refractivity contribution in [1.29, 1.82) is 0 Å². The fourth-order valence-electron chi connectivity index (χ4n) is 3.86. The number of benzene rings is 3. The number of aromatic nitrogens is 1. The van der Waals surface area contributed by atoms with E-state index in [-0.39, 0.29) is 24.3 Å². The van der Waals surface area contributed by atoms with E-state index in [1.54, 1.807) is 6.07 Å². The number of aryl methyl sites for hydroxylation is 1. The molecule has 0 saturated heterocycles. The molecule has 33 heavy (non-hydrogen) atoms. The van der Waals surface area contributed by atoms with Gasteiger partial charge in [0.15, 0.2) is 0 Å². The molecule has 0 fully saturated rings. The molecule has 4 aromatic rings. The normalized spacial score (nSPS) is 12.0. The van der Waals surface area contributed by atoms with Crippen molar-refractivity contribution in [2.45, 2.75) is 26.8 Å². The summed E-state index contributed by atoms with van der Waals surface area (Å²) in [5, 5.41) is 3.50. The lowest BCUT2D eigenvalue weighted by Crippen LogP contribution is -2.39. The fraction of sp³-hybridized carbons (Fsp3) is 0.222. The molecule has 0 saturated carbocycles. The number of amides is 1. The van der Waals surface area contributed by atoms with Crippen LogP contribution in [-0.2, 0) is 4.79 Å². The van der Waals surface area contributed by atoms with E-state index in [0.29, 0.717) is 10.9 Å². The molecule has 1 aromatic heterocycles. The minimum Gasteiger partial charge on any atom is -0.406 e. The maximum Gasteiger partial charge on any atom is 0.347 e. The third kappa shape index (κ3) is 4.95. The first-order valence-electron chi connectivity index (χ1n) is 11.0. The Labute approximate surface area is 192 Å². The number of hydrogen-bond acceptors (Lipinski definition) is 5. The van der Waals surface area contributed by atoms with Crippen molar-refractivity contribution in [2.75, 3.05) is 11.4 Å². The predicted octanol–water partition coefficient (Wildman–Crippen LogP) is 5.15. The molecule has 168 valence electrons. The third-order valence-electron chi connectivity index (χ3n) is 5.57. The number of anilines is 2. The van der Waals surface area contributed by atoms with Crippen LogP contribution >= 0.6 is 0 Å². The van der Waals surface area contributed by atoms with Crippen molar-refractivity contribution in [2.24, 2.45) is 5.92 Å². The van der Waals surface area contributed by atoms with Crippen LogP contribution < -0.4 is 15.8 Å². The zero-order valence-corrected chi connectivity index (χ0v) is 19.0. The summed E-state index contributed by atoms with van der Waals surface area (Å²) in [6, 6.07) is 24.5. The van der Waals surface area contributed by atoms with Crippen LogP contribution in [0.15, 0.2) is 88.1 Å². The summed E-state index contributed by atoms with van der Waals surface area (Å²) in [5.74, 6) is -0.0172. The number of carbonyl (C=O) groups excluding carboxylic acids is 1. The highest BCUT2D eigenvalue weighted by Crippen LogP contribution is 2.26. The predicted molar refractivity (Wildman–Crippen MR) is 131 cm³/mol. The lowest BCUT2D eigenvalue weighted by atomic mass is 10.0. The molecule has 1 amide bonds. The molecule has 1 heterocycles. The van der Waals surface area contributed by atoms with Gasteiger partial charge in [0, 0.05) is 11.4 Å². The summed E-state index contributed by atoms with van der Waals surface area (Å²) in [6.07, 6.45) is 0. The number of nitrogens with one attached hydrogen (secondary N) is 1. The minimum absolute atomic E-state index is 0.0336. The van der Waals surface area contributed by atoms with E-state index < -0.39 is 11.7 Å². The average molecular weight is 442 g/mol. The highest BCUT2D eigenvalue weighted by atomic mass is 16.4. The summed E-state index contributed by atoms with van der Waals surface area (Å²) in [7, 11) is 0. The molecular formula is C27H27N3O3. The Morgan fingerprint density at radius 3 is 2.12 bits per heavy atom. The van der Waals surface area contributed by atoms with Crippen LogP contribution in [0.5, 0.6) is 0 Å². The fourth-order valence-corrected chi connectivity index (χ4v) is 3.86. The Kier molecular flexibility index (Phi) is 6.54. The molecule has 0 aliphatic carbocycles. The Bertz CT molecular complexity index is 1260. The molecule has 0 spiro atoms. The standard InChI is InChI=1S/C27H27N3O3/c1-18(2)25(26-28-22-16-10-11-19(3)24(22)27(32)33-26)29-23(31)17-30(20-12-6-4-7-13-20)21-14-8-5-9-15-21/h4-16,18,25H,17H2,1-3H3,(H,29,31)/t25-/m0/s1. The van der Waals surface area contributed by atoms with Gasteiger partial charge in [0.2, 0.25) is 11.8 Å².